The van der Waals surface area contributed by atoms with Gasteiger partial charge >= 0.3 is 0 Å². The number of nitro benzene ring substituents is 1. The van der Waals surface area contributed by atoms with Gasteiger partial charge < -0.3 is 10.5 Å². The summed E-state index contributed by atoms with van der Waals surface area (Å²) in [5.74, 6) is 0.0978. The van der Waals surface area contributed by atoms with Crippen LogP contribution in [0.25, 0.3) is 0 Å². The molecule has 6 nitrogen and oxygen atoms in total. The molecule has 0 aromatic heterocycles. The zero-order valence-corrected chi connectivity index (χ0v) is 9.78. The number of non-ortho nitro benzene ring substituents is 1. The fourth-order valence-electron chi connectivity index (χ4n) is 1.52. The normalized spacial score (nSPS) is 9.89. The van der Waals surface area contributed by atoms with Crippen LogP contribution in [0, 0.1) is 10.1 Å². The van der Waals surface area contributed by atoms with Gasteiger partial charge in [-0.25, -0.2) is 0 Å². The number of rotatable bonds is 4. The first kappa shape index (κ1) is 12.6. The monoisotopic (exact) mass is 258 g/mol. The molecule has 2 aromatic carbocycles. The molecule has 0 bridgehead atoms. The van der Waals surface area contributed by atoms with E-state index in [1.165, 1.54) is 24.3 Å². The van der Waals surface area contributed by atoms with Crippen LogP contribution in [0.2, 0.25) is 0 Å². The molecule has 0 heterocycles. The van der Waals surface area contributed by atoms with Gasteiger partial charge in [-0.05, 0) is 24.3 Å². The van der Waals surface area contributed by atoms with Crippen LogP contribution in [0.1, 0.15) is 10.4 Å². The van der Waals surface area contributed by atoms with E-state index in [9.17, 15) is 14.9 Å². The first-order chi connectivity index (χ1) is 9.08. The Balaban J connectivity index is 2.26. The third kappa shape index (κ3) is 2.86. The first-order valence-electron chi connectivity index (χ1n) is 5.39. The van der Waals surface area contributed by atoms with Crippen molar-refractivity contribution in [2.45, 2.75) is 0 Å². The van der Waals surface area contributed by atoms with Gasteiger partial charge in [-0.3, -0.25) is 14.9 Å². The van der Waals surface area contributed by atoms with E-state index in [1.807, 2.05) is 0 Å². The highest BCUT2D eigenvalue weighted by Gasteiger charge is 2.10. The van der Waals surface area contributed by atoms with Gasteiger partial charge in [0.15, 0.2) is 0 Å². The van der Waals surface area contributed by atoms with Crippen molar-refractivity contribution >= 4 is 11.6 Å². The fraction of sp³-hybridized carbons (Fsp3) is 0. The summed E-state index contributed by atoms with van der Waals surface area (Å²) in [6, 6.07) is 12.1. The summed E-state index contributed by atoms with van der Waals surface area (Å²) in [5, 5.41) is 10.5. The molecule has 0 aliphatic heterocycles. The minimum atomic E-state index is -0.600. The smallest absolute Gasteiger partial charge is 0.269 e. The molecule has 0 aliphatic carbocycles. The second-order valence-corrected chi connectivity index (χ2v) is 3.71. The van der Waals surface area contributed by atoms with E-state index in [0.717, 1.165) is 0 Å². The van der Waals surface area contributed by atoms with E-state index in [1.54, 1.807) is 24.3 Å². The van der Waals surface area contributed by atoms with Gasteiger partial charge in [0.25, 0.3) is 11.6 Å². The van der Waals surface area contributed by atoms with Crippen LogP contribution >= 0.6 is 0 Å². The number of hydrogen-bond donors (Lipinski definition) is 1. The van der Waals surface area contributed by atoms with Crippen LogP contribution in [-0.2, 0) is 0 Å². The zero-order valence-electron chi connectivity index (χ0n) is 9.78. The maximum atomic E-state index is 11.2. The highest BCUT2D eigenvalue weighted by molar-refractivity contribution is 5.95. The molecule has 0 radical (unpaired) electrons. The number of ether oxygens (including phenoxy) is 1. The summed E-state index contributed by atoms with van der Waals surface area (Å²) in [5.41, 5.74) is 5.44. The quantitative estimate of drug-likeness (QED) is 0.673. The van der Waals surface area contributed by atoms with Gasteiger partial charge in [-0.1, -0.05) is 12.1 Å². The largest absolute Gasteiger partial charge is 0.457 e. The van der Waals surface area contributed by atoms with Gasteiger partial charge in [0.1, 0.15) is 11.5 Å². The van der Waals surface area contributed by atoms with Gasteiger partial charge in [0, 0.05) is 12.1 Å². The van der Waals surface area contributed by atoms with Gasteiger partial charge in [0.2, 0.25) is 0 Å². The van der Waals surface area contributed by atoms with E-state index < -0.39 is 10.8 Å². The molecule has 0 unspecified atom stereocenters. The number of amides is 1. The molecule has 0 saturated carbocycles. The van der Waals surface area contributed by atoms with Crippen molar-refractivity contribution in [1.29, 1.82) is 0 Å². The molecule has 19 heavy (non-hydrogen) atoms. The molecule has 6 heteroatoms. The van der Waals surface area contributed by atoms with Crippen molar-refractivity contribution < 1.29 is 14.5 Å². The lowest BCUT2D eigenvalue weighted by atomic mass is 10.2. The molecule has 0 spiro atoms. The third-order valence-corrected chi connectivity index (χ3v) is 2.43. The lowest BCUT2D eigenvalue weighted by Gasteiger charge is -2.08. The summed E-state index contributed by atoms with van der Waals surface area (Å²) in [6.45, 7) is 0. The minimum absolute atomic E-state index is 0.0319. The molecule has 1 amide bonds. The van der Waals surface area contributed by atoms with Gasteiger partial charge in [-0.15, -0.1) is 0 Å². The van der Waals surface area contributed by atoms with Gasteiger partial charge in [-0.2, -0.15) is 0 Å². The van der Waals surface area contributed by atoms with Crippen molar-refractivity contribution in [2.75, 3.05) is 0 Å². The predicted octanol–water partition coefficient (Wildman–Crippen LogP) is 2.49. The summed E-state index contributed by atoms with van der Waals surface area (Å²) in [7, 11) is 0. The number of benzene rings is 2. The number of nitro groups is 1. The maximum Gasteiger partial charge on any atom is 0.269 e. The molecule has 96 valence electrons. The van der Waals surface area contributed by atoms with Crippen molar-refractivity contribution in [3.63, 3.8) is 0 Å². The predicted molar refractivity (Wildman–Crippen MR) is 68.1 cm³/mol. The molecule has 0 atom stereocenters. The molecule has 0 saturated heterocycles. The molecule has 0 aliphatic rings. The Morgan fingerprint density at radius 1 is 1.11 bits per heavy atom. The third-order valence-electron chi connectivity index (χ3n) is 2.43. The van der Waals surface area contributed by atoms with E-state index in [4.69, 9.17) is 10.5 Å². The number of carbonyl (C=O) groups excluding carboxylic acids is 1. The summed E-state index contributed by atoms with van der Waals surface area (Å²) in [6.07, 6.45) is 0. The molecular formula is C13H10N2O4. The van der Waals surface area contributed by atoms with E-state index in [2.05, 4.69) is 0 Å². The second-order valence-electron chi connectivity index (χ2n) is 3.71. The van der Waals surface area contributed by atoms with Crippen LogP contribution < -0.4 is 10.5 Å². The highest BCUT2D eigenvalue weighted by Crippen LogP contribution is 2.26. The van der Waals surface area contributed by atoms with Crippen molar-refractivity contribution in [3.8, 4) is 11.5 Å². The number of carbonyl (C=O) groups is 1. The maximum absolute atomic E-state index is 11.2. The summed E-state index contributed by atoms with van der Waals surface area (Å²) in [4.78, 5) is 21.2. The number of nitrogens with two attached hydrogens (primary N) is 1. The molecule has 0 fully saturated rings. The number of nitrogens with zero attached hydrogens (tertiary/aromatic N) is 1. The SMILES string of the molecule is NC(=O)c1ccccc1Oc1ccc([N+](=O)[O-])cc1. The number of hydrogen-bond acceptors (Lipinski definition) is 4. The van der Waals surface area contributed by atoms with Crippen molar-refractivity contribution in [2.24, 2.45) is 5.73 Å². The van der Waals surface area contributed by atoms with Crippen LogP contribution in [0.15, 0.2) is 48.5 Å². The Labute approximate surface area is 108 Å². The fourth-order valence-corrected chi connectivity index (χ4v) is 1.52. The van der Waals surface area contributed by atoms with Gasteiger partial charge in [0.05, 0.1) is 10.5 Å². The Kier molecular flexibility index (Phi) is 3.42. The first-order valence-corrected chi connectivity index (χ1v) is 5.39. The van der Waals surface area contributed by atoms with Crippen LogP contribution in [0.3, 0.4) is 0 Å². The zero-order chi connectivity index (χ0) is 13.8. The number of para-hydroxylation sites is 1. The van der Waals surface area contributed by atoms with Crippen LogP contribution in [0.5, 0.6) is 11.5 Å². The van der Waals surface area contributed by atoms with Crippen molar-refractivity contribution in [3.05, 3.63) is 64.2 Å². The Morgan fingerprint density at radius 2 is 1.74 bits per heavy atom. The molecule has 2 rings (SSSR count). The topological polar surface area (TPSA) is 95.5 Å². The van der Waals surface area contributed by atoms with E-state index >= 15 is 0 Å². The van der Waals surface area contributed by atoms with E-state index in [-0.39, 0.29) is 11.3 Å². The Morgan fingerprint density at radius 3 is 2.32 bits per heavy atom. The van der Waals surface area contributed by atoms with E-state index in [0.29, 0.717) is 11.5 Å². The average Bonchev–Trinajstić information content (AvgIpc) is 2.39. The lowest BCUT2D eigenvalue weighted by Crippen LogP contribution is -2.11. The second kappa shape index (κ2) is 5.18. The average molecular weight is 258 g/mol. The highest BCUT2D eigenvalue weighted by atomic mass is 16.6. The van der Waals surface area contributed by atoms with Crippen LogP contribution in [0.4, 0.5) is 5.69 Å². The summed E-state index contributed by atoms with van der Waals surface area (Å²) < 4.78 is 5.48. The lowest BCUT2D eigenvalue weighted by molar-refractivity contribution is -0.384. The molecule has 2 aromatic rings. The molecule has 2 N–H and O–H groups in total. The summed E-state index contributed by atoms with van der Waals surface area (Å²) >= 11 is 0. The minimum Gasteiger partial charge on any atom is -0.457 e. The Hall–Kier alpha value is -2.89. The number of primary amides is 1. The van der Waals surface area contributed by atoms with Crippen LogP contribution in [-0.4, -0.2) is 10.8 Å². The molecular weight excluding hydrogens is 248 g/mol. The standard InChI is InChI=1S/C13H10N2O4/c14-13(16)11-3-1-2-4-12(11)19-10-7-5-9(6-8-10)15(17)18/h1-8H,(H2,14,16). The van der Waals surface area contributed by atoms with Crippen molar-refractivity contribution in [1.82, 2.24) is 0 Å². The Bertz CT molecular complexity index is 623.